The van der Waals surface area contributed by atoms with Crippen molar-refractivity contribution in [3.63, 3.8) is 0 Å². The van der Waals surface area contributed by atoms with Crippen molar-refractivity contribution in [1.82, 2.24) is 0 Å². The van der Waals surface area contributed by atoms with Gasteiger partial charge in [-0.05, 0) is 130 Å². The Kier molecular flexibility index (Phi) is 8.47. The maximum absolute atomic E-state index is 2.45. The zero-order valence-electron chi connectivity index (χ0n) is 34.1. The molecule has 0 spiro atoms. The number of benzene rings is 11. The highest BCUT2D eigenvalue weighted by Crippen LogP contribution is 2.57. The van der Waals surface area contributed by atoms with Crippen LogP contribution >= 0.6 is 0 Å². The van der Waals surface area contributed by atoms with Gasteiger partial charge in [0.1, 0.15) is 0 Å². The molecule has 0 aromatic heterocycles. The molecule has 1 heteroatoms. The number of hydrogen-bond acceptors (Lipinski definition) is 1. The molecule has 11 aromatic carbocycles. The standard InChI is InChI=1S/C61H41N/c1-3-17-48(18-4-1)61(49-19-5-2-6-20-49)59-25-12-11-22-57(59)58-39-37-52(41-60(58)61)62(50-33-28-43(29-34-50)47-27-26-42-14-7-8-16-46(42)40-47)51-35-30-45(31-36-51)54-23-13-24-55-53-21-10-9-15-44(53)32-38-56(54)55/h1-41H. The quantitative estimate of drug-likeness (QED) is 0.145. The van der Waals surface area contributed by atoms with E-state index in [9.17, 15) is 0 Å². The van der Waals surface area contributed by atoms with E-state index in [2.05, 4.69) is 254 Å². The van der Waals surface area contributed by atoms with E-state index < -0.39 is 5.41 Å². The van der Waals surface area contributed by atoms with E-state index in [4.69, 9.17) is 0 Å². The summed E-state index contributed by atoms with van der Waals surface area (Å²) in [4.78, 5) is 2.43. The number of nitrogens with zero attached hydrogens (tertiary/aromatic N) is 1. The highest BCUT2D eigenvalue weighted by Gasteiger charge is 2.46. The van der Waals surface area contributed by atoms with Crippen molar-refractivity contribution in [3.8, 4) is 33.4 Å². The molecule has 1 nitrogen and oxygen atoms in total. The normalized spacial score (nSPS) is 12.6. The lowest BCUT2D eigenvalue weighted by Gasteiger charge is -2.35. The van der Waals surface area contributed by atoms with Gasteiger partial charge in [0.25, 0.3) is 0 Å². The monoisotopic (exact) mass is 787 g/mol. The summed E-state index contributed by atoms with van der Waals surface area (Å²) < 4.78 is 0. The van der Waals surface area contributed by atoms with Gasteiger partial charge in [-0.2, -0.15) is 0 Å². The summed E-state index contributed by atoms with van der Waals surface area (Å²) in [5.74, 6) is 0. The van der Waals surface area contributed by atoms with Crippen LogP contribution in [0.3, 0.4) is 0 Å². The average Bonchev–Trinajstić information content (AvgIpc) is 3.65. The first-order valence-corrected chi connectivity index (χ1v) is 21.5. The number of rotatable bonds is 7. The van der Waals surface area contributed by atoms with E-state index >= 15 is 0 Å². The molecular weight excluding hydrogens is 747 g/mol. The second kappa shape index (κ2) is 14.6. The second-order valence-corrected chi connectivity index (χ2v) is 16.4. The minimum atomic E-state index is -0.502. The first-order valence-electron chi connectivity index (χ1n) is 21.5. The van der Waals surface area contributed by atoms with E-state index in [1.165, 1.54) is 88.0 Å². The van der Waals surface area contributed by atoms with Crippen LogP contribution in [0.4, 0.5) is 17.1 Å². The molecule has 0 bridgehead atoms. The Morgan fingerprint density at radius 3 is 1.53 bits per heavy atom. The van der Waals surface area contributed by atoms with Gasteiger partial charge in [0.15, 0.2) is 0 Å². The minimum Gasteiger partial charge on any atom is -0.310 e. The molecule has 0 unspecified atom stereocenters. The Labute approximate surface area is 362 Å². The second-order valence-electron chi connectivity index (χ2n) is 16.4. The molecule has 0 aliphatic heterocycles. The Hall–Kier alpha value is -8.00. The molecule has 0 N–H and O–H groups in total. The fourth-order valence-corrected chi connectivity index (χ4v) is 10.3. The fraction of sp³-hybridized carbons (Fsp3) is 0.0164. The number of anilines is 3. The van der Waals surface area contributed by atoms with Gasteiger partial charge in [-0.1, -0.05) is 206 Å². The molecule has 0 fully saturated rings. The molecule has 0 atom stereocenters. The predicted molar refractivity (Wildman–Crippen MR) is 262 cm³/mol. The highest BCUT2D eigenvalue weighted by molar-refractivity contribution is 6.12. The third kappa shape index (κ3) is 5.70. The molecule has 290 valence electrons. The SMILES string of the molecule is c1ccc(C2(c3ccccc3)c3ccccc3-c3ccc(N(c4ccc(-c5ccc6ccccc6c5)cc4)c4ccc(-c5cccc6c5ccc5ccccc56)cc4)cc32)cc1. The average molecular weight is 788 g/mol. The Morgan fingerprint density at radius 2 is 0.790 bits per heavy atom. The summed E-state index contributed by atoms with van der Waals surface area (Å²) in [5.41, 5.74) is 15.3. The summed E-state index contributed by atoms with van der Waals surface area (Å²) in [6.45, 7) is 0. The van der Waals surface area contributed by atoms with Gasteiger partial charge in [-0.15, -0.1) is 0 Å². The minimum absolute atomic E-state index is 0.502. The van der Waals surface area contributed by atoms with Crippen molar-refractivity contribution in [2.75, 3.05) is 4.90 Å². The van der Waals surface area contributed by atoms with E-state index in [0.717, 1.165) is 17.1 Å². The summed E-state index contributed by atoms with van der Waals surface area (Å²) >= 11 is 0. The van der Waals surface area contributed by atoms with Gasteiger partial charge in [-0.3, -0.25) is 0 Å². The molecular formula is C61H41N. The molecule has 1 aliphatic rings. The van der Waals surface area contributed by atoms with Gasteiger partial charge in [0.2, 0.25) is 0 Å². The van der Waals surface area contributed by atoms with Crippen molar-refractivity contribution in [2.24, 2.45) is 0 Å². The van der Waals surface area contributed by atoms with Crippen LogP contribution in [-0.2, 0) is 5.41 Å². The Balaban J connectivity index is 1.03. The van der Waals surface area contributed by atoms with Crippen LogP contribution in [0.1, 0.15) is 22.3 Å². The van der Waals surface area contributed by atoms with E-state index in [0.29, 0.717) is 0 Å². The first-order chi connectivity index (χ1) is 30.7. The summed E-state index contributed by atoms with van der Waals surface area (Å²) in [6, 6.07) is 91.6. The lowest BCUT2D eigenvalue weighted by atomic mass is 9.67. The lowest BCUT2D eigenvalue weighted by molar-refractivity contribution is 0.768. The molecule has 62 heavy (non-hydrogen) atoms. The van der Waals surface area contributed by atoms with Crippen LogP contribution in [-0.4, -0.2) is 0 Å². The summed E-state index contributed by atoms with van der Waals surface area (Å²) in [5, 5.41) is 7.57. The molecule has 0 radical (unpaired) electrons. The van der Waals surface area contributed by atoms with Gasteiger partial charge >= 0.3 is 0 Å². The number of fused-ring (bicyclic) bond motifs is 7. The highest BCUT2D eigenvalue weighted by atomic mass is 15.1. The van der Waals surface area contributed by atoms with Crippen LogP contribution in [0.5, 0.6) is 0 Å². The predicted octanol–water partition coefficient (Wildman–Crippen LogP) is 16.3. The van der Waals surface area contributed by atoms with E-state index in [-0.39, 0.29) is 0 Å². The van der Waals surface area contributed by atoms with Crippen molar-refractivity contribution >= 4 is 49.4 Å². The van der Waals surface area contributed by atoms with Crippen LogP contribution in [0.25, 0.3) is 65.7 Å². The smallest absolute Gasteiger partial charge is 0.0714 e. The van der Waals surface area contributed by atoms with Crippen LogP contribution in [0, 0.1) is 0 Å². The third-order valence-electron chi connectivity index (χ3n) is 13.1. The van der Waals surface area contributed by atoms with Gasteiger partial charge < -0.3 is 4.90 Å². The maximum atomic E-state index is 2.45. The first kappa shape index (κ1) is 35.9. The van der Waals surface area contributed by atoms with Crippen molar-refractivity contribution < 1.29 is 0 Å². The van der Waals surface area contributed by atoms with Gasteiger partial charge in [0.05, 0.1) is 5.41 Å². The van der Waals surface area contributed by atoms with Crippen LogP contribution in [0.15, 0.2) is 249 Å². The molecule has 0 saturated carbocycles. The molecule has 11 aromatic rings. The van der Waals surface area contributed by atoms with Crippen molar-refractivity contribution in [2.45, 2.75) is 5.41 Å². The van der Waals surface area contributed by atoms with Crippen molar-refractivity contribution in [3.05, 3.63) is 271 Å². The molecule has 12 rings (SSSR count). The largest absolute Gasteiger partial charge is 0.310 e. The zero-order chi connectivity index (χ0) is 41.0. The van der Waals surface area contributed by atoms with Crippen molar-refractivity contribution in [1.29, 1.82) is 0 Å². The molecule has 0 heterocycles. The lowest BCUT2D eigenvalue weighted by Crippen LogP contribution is -2.28. The topological polar surface area (TPSA) is 3.24 Å². The van der Waals surface area contributed by atoms with Gasteiger partial charge in [-0.25, -0.2) is 0 Å². The summed E-state index contributed by atoms with van der Waals surface area (Å²) in [7, 11) is 0. The van der Waals surface area contributed by atoms with Gasteiger partial charge in [0, 0.05) is 17.1 Å². The summed E-state index contributed by atoms with van der Waals surface area (Å²) in [6.07, 6.45) is 0. The van der Waals surface area contributed by atoms with Crippen LogP contribution < -0.4 is 4.90 Å². The fourth-order valence-electron chi connectivity index (χ4n) is 10.3. The molecule has 1 aliphatic carbocycles. The van der Waals surface area contributed by atoms with E-state index in [1.807, 2.05) is 0 Å². The Morgan fingerprint density at radius 1 is 0.258 bits per heavy atom. The zero-order valence-corrected chi connectivity index (χ0v) is 34.1. The molecule has 0 saturated heterocycles. The number of hydrogen-bond donors (Lipinski definition) is 0. The Bertz CT molecular complexity index is 3400. The molecule has 0 amide bonds. The van der Waals surface area contributed by atoms with E-state index in [1.54, 1.807) is 0 Å². The maximum Gasteiger partial charge on any atom is 0.0714 e. The van der Waals surface area contributed by atoms with Crippen LogP contribution in [0.2, 0.25) is 0 Å². The third-order valence-corrected chi connectivity index (χ3v) is 13.1.